The SMILES string of the molecule is CCC(=O)NNC(=O)C(C#N)NOC. The number of hydrazine groups is 1. The van der Waals surface area contributed by atoms with Crippen LogP contribution in [0.3, 0.4) is 0 Å². The molecule has 0 aliphatic carbocycles. The molecule has 0 heterocycles. The first-order valence-electron chi connectivity index (χ1n) is 3.92. The molecule has 0 aromatic carbocycles. The second-order valence-corrected chi connectivity index (χ2v) is 2.28. The monoisotopic (exact) mass is 200 g/mol. The number of nitrogens with one attached hydrogen (secondary N) is 3. The Morgan fingerprint density at radius 2 is 2.14 bits per heavy atom. The number of rotatable bonds is 4. The molecule has 0 radical (unpaired) electrons. The predicted molar refractivity (Wildman–Crippen MR) is 46.1 cm³/mol. The molecule has 1 unspecified atom stereocenters. The van der Waals surface area contributed by atoms with Gasteiger partial charge in [-0.25, -0.2) is 0 Å². The van der Waals surface area contributed by atoms with Crippen molar-refractivity contribution >= 4 is 11.8 Å². The number of hydrogen-bond acceptors (Lipinski definition) is 5. The third kappa shape index (κ3) is 4.39. The van der Waals surface area contributed by atoms with E-state index in [9.17, 15) is 9.59 Å². The van der Waals surface area contributed by atoms with E-state index < -0.39 is 11.9 Å². The molecule has 0 rings (SSSR count). The number of carbonyl (C=O) groups is 2. The van der Waals surface area contributed by atoms with Crippen LogP contribution >= 0.6 is 0 Å². The summed E-state index contributed by atoms with van der Waals surface area (Å²) in [4.78, 5) is 26.2. The van der Waals surface area contributed by atoms with Gasteiger partial charge in [0, 0.05) is 6.42 Å². The Kier molecular flexibility index (Phi) is 6.02. The predicted octanol–water partition coefficient (Wildman–Crippen LogP) is -1.41. The van der Waals surface area contributed by atoms with Gasteiger partial charge >= 0.3 is 0 Å². The van der Waals surface area contributed by atoms with Crippen LogP contribution in [0, 0.1) is 11.3 Å². The van der Waals surface area contributed by atoms with Gasteiger partial charge in [0.15, 0.2) is 6.04 Å². The van der Waals surface area contributed by atoms with E-state index in [4.69, 9.17) is 5.26 Å². The summed E-state index contributed by atoms with van der Waals surface area (Å²) in [5.41, 5.74) is 6.34. The van der Waals surface area contributed by atoms with Crippen molar-refractivity contribution in [2.75, 3.05) is 7.11 Å². The number of nitrogens with zero attached hydrogens (tertiary/aromatic N) is 1. The van der Waals surface area contributed by atoms with E-state index in [0.717, 1.165) is 0 Å². The lowest BCUT2D eigenvalue weighted by atomic mass is 10.3. The Balaban J connectivity index is 3.94. The highest BCUT2D eigenvalue weighted by Crippen LogP contribution is 1.80. The van der Waals surface area contributed by atoms with E-state index in [2.05, 4.69) is 21.2 Å². The largest absolute Gasteiger partial charge is 0.303 e. The standard InChI is InChI=1S/C7H12N4O3/c1-3-6(12)9-10-7(13)5(4-8)11-14-2/h5,11H,3H2,1-2H3,(H,9,12)(H,10,13). The van der Waals surface area contributed by atoms with Crippen molar-refractivity contribution in [2.45, 2.75) is 19.4 Å². The number of hydroxylamine groups is 1. The fraction of sp³-hybridized carbons (Fsp3) is 0.571. The van der Waals surface area contributed by atoms with Crippen molar-refractivity contribution in [3.05, 3.63) is 0 Å². The molecule has 14 heavy (non-hydrogen) atoms. The normalized spacial score (nSPS) is 11.2. The van der Waals surface area contributed by atoms with E-state index >= 15 is 0 Å². The molecule has 78 valence electrons. The topological polar surface area (TPSA) is 103 Å². The van der Waals surface area contributed by atoms with Crippen LogP contribution in [0.2, 0.25) is 0 Å². The molecule has 0 aromatic heterocycles. The molecule has 0 saturated heterocycles. The van der Waals surface area contributed by atoms with E-state index in [1.165, 1.54) is 7.11 Å². The summed E-state index contributed by atoms with van der Waals surface area (Å²) in [6, 6.07) is 0.490. The van der Waals surface area contributed by atoms with Crippen molar-refractivity contribution in [1.82, 2.24) is 16.3 Å². The van der Waals surface area contributed by atoms with Crippen LogP contribution in [0.5, 0.6) is 0 Å². The first-order valence-corrected chi connectivity index (χ1v) is 3.92. The maximum absolute atomic E-state index is 11.1. The summed E-state index contributed by atoms with van der Waals surface area (Å²) in [7, 11) is 1.28. The first-order chi connectivity index (χ1) is 6.65. The smallest absolute Gasteiger partial charge is 0.272 e. The average Bonchev–Trinajstić information content (AvgIpc) is 2.21. The third-order valence-electron chi connectivity index (χ3n) is 1.27. The van der Waals surface area contributed by atoms with Crippen LogP contribution in [0.25, 0.3) is 0 Å². The highest BCUT2D eigenvalue weighted by Gasteiger charge is 2.16. The minimum atomic E-state index is -1.16. The highest BCUT2D eigenvalue weighted by molar-refractivity contribution is 5.86. The van der Waals surface area contributed by atoms with Crippen LogP contribution in [0.15, 0.2) is 0 Å². The Labute approximate surface area is 81.3 Å². The Morgan fingerprint density at radius 1 is 1.50 bits per heavy atom. The molecule has 1 atom stereocenters. The number of carbonyl (C=O) groups excluding carboxylic acids is 2. The van der Waals surface area contributed by atoms with Gasteiger partial charge in [-0.2, -0.15) is 10.7 Å². The van der Waals surface area contributed by atoms with Crippen LogP contribution in [0.4, 0.5) is 0 Å². The number of hydrogen-bond donors (Lipinski definition) is 3. The van der Waals surface area contributed by atoms with E-state index in [0.29, 0.717) is 0 Å². The van der Waals surface area contributed by atoms with Gasteiger partial charge in [-0.15, -0.1) is 0 Å². The average molecular weight is 200 g/mol. The summed E-state index contributed by atoms with van der Waals surface area (Å²) in [5, 5.41) is 8.48. The van der Waals surface area contributed by atoms with Crippen molar-refractivity contribution in [3.8, 4) is 6.07 Å². The van der Waals surface area contributed by atoms with Crippen LogP contribution in [-0.4, -0.2) is 25.0 Å². The minimum absolute atomic E-state index is 0.245. The molecule has 7 heteroatoms. The zero-order valence-electron chi connectivity index (χ0n) is 7.96. The fourth-order valence-electron chi connectivity index (χ4n) is 0.548. The van der Waals surface area contributed by atoms with Gasteiger partial charge in [0.1, 0.15) is 0 Å². The number of amides is 2. The highest BCUT2D eigenvalue weighted by atomic mass is 16.6. The summed E-state index contributed by atoms with van der Waals surface area (Å²) >= 11 is 0. The molecular formula is C7H12N4O3. The second-order valence-electron chi connectivity index (χ2n) is 2.28. The van der Waals surface area contributed by atoms with E-state index in [1.54, 1.807) is 13.0 Å². The Bertz CT molecular complexity index is 248. The van der Waals surface area contributed by atoms with Gasteiger partial charge in [-0.1, -0.05) is 6.92 Å². The maximum Gasteiger partial charge on any atom is 0.272 e. The van der Waals surface area contributed by atoms with E-state index in [1.807, 2.05) is 0 Å². The molecule has 3 N–H and O–H groups in total. The quantitative estimate of drug-likeness (QED) is 0.483. The molecule has 0 aliphatic heterocycles. The lowest BCUT2D eigenvalue weighted by molar-refractivity contribution is -0.130. The molecule has 0 bridgehead atoms. The lowest BCUT2D eigenvalue weighted by Gasteiger charge is -2.10. The van der Waals surface area contributed by atoms with Crippen molar-refractivity contribution < 1.29 is 14.4 Å². The van der Waals surface area contributed by atoms with Crippen LogP contribution in [-0.2, 0) is 14.4 Å². The molecule has 2 amide bonds. The van der Waals surface area contributed by atoms with Gasteiger partial charge < -0.3 is 4.84 Å². The summed E-state index contributed by atoms with van der Waals surface area (Å²) in [6.45, 7) is 1.64. The molecule has 0 spiro atoms. The zero-order chi connectivity index (χ0) is 11.0. The van der Waals surface area contributed by atoms with Gasteiger partial charge in [-0.3, -0.25) is 20.4 Å². The van der Waals surface area contributed by atoms with Gasteiger partial charge in [0.2, 0.25) is 5.91 Å². The lowest BCUT2D eigenvalue weighted by Crippen LogP contribution is -2.50. The summed E-state index contributed by atoms with van der Waals surface area (Å²) in [6.07, 6.45) is 0.245. The second kappa shape index (κ2) is 6.82. The van der Waals surface area contributed by atoms with E-state index in [-0.39, 0.29) is 12.3 Å². The minimum Gasteiger partial charge on any atom is -0.303 e. The van der Waals surface area contributed by atoms with Gasteiger partial charge in [-0.05, 0) is 0 Å². The molecule has 7 nitrogen and oxygen atoms in total. The van der Waals surface area contributed by atoms with Crippen molar-refractivity contribution in [1.29, 1.82) is 5.26 Å². The molecule has 0 saturated carbocycles. The molecule has 0 aliphatic rings. The first kappa shape index (κ1) is 12.3. The third-order valence-corrected chi connectivity index (χ3v) is 1.27. The fourth-order valence-corrected chi connectivity index (χ4v) is 0.548. The van der Waals surface area contributed by atoms with Gasteiger partial charge in [0.05, 0.1) is 13.2 Å². The van der Waals surface area contributed by atoms with Crippen LogP contribution < -0.4 is 16.3 Å². The zero-order valence-corrected chi connectivity index (χ0v) is 7.96. The number of nitriles is 1. The molecular weight excluding hydrogens is 188 g/mol. The van der Waals surface area contributed by atoms with Crippen molar-refractivity contribution in [3.63, 3.8) is 0 Å². The van der Waals surface area contributed by atoms with Gasteiger partial charge in [0.25, 0.3) is 5.91 Å². The maximum atomic E-state index is 11.1. The Hall–Kier alpha value is -1.65. The molecule has 0 fully saturated rings. The van der Waals surface area contributed by atoms with Crippen LogP contribution in [0.1, 0.15) is 13.3 Å². The summed E-state index contributed by atoms with van der Waals surface area (Å²) in [5.74, 6) is -1.02. The molecule has 0 aromatic rings. The summed E-state index contributed by atoms with van der Waals surface area (Å²) < 4.78 is 0. The Morgan fingerprint density at radius 3 is 2.57 bits per heavy atom. The van der Waals surface area contributed by atoms with Crippen molar-refractivity contribution in [2.24, 2.45) is 0 Å².